The summed E-state index contributed by atoms with van der Waals surface area (Å²) in [6, 6.07) is 7.93. The second kappa shape index (κ2) is 8.11. The fraction of sp³-hybridized carbons (Fsp3) is 0.556. The number of urea groups is 1. The molecule has 0 aliphatic rings. The van der Waals surface area contributed by atoms with Gasteiger partial charge in [0.2, 0.25) is 5.91 Å². The molecule has 128 valence electrons. The molecule has 0 saturated heterocycles. The smallest absolute Gasteiger partial charge is 0.321 e. The van der Waals surface area contributed by atoms with E-state index in [1.54, 1.807) is 0 Å². The highest BCUT2D eigenvalue weighted by atomic mass is 16.2. The van der Waals surface area contributed by atoms with Gasteiger partial charge in [-0.1, -0.05) is 38.1 Å². The number of hydrogen-bond acceptors (Lipinski definition) is 3. The van der Waals surface area contributed by atoms with Crippen LogP contribution in [0.5, 0.6) is 0 Å². The van der Waals surface area contributed by atoms with Crippen molar-refractivity contribution in [2.24, 2.45) is 0 Å². The minimum atomic E-state index is -0.461. The number of benzene rings is 1. The summed E-state index contributed by atoms with van der Waals surface area (Å²) in [5, 5.41) is 5.05. The third-order valence-electron chi connectivity index (χ3n) is 3.25. The Morgan fingerprint density at radius 3 is 2.17 bits per heavy atom. The van der Waals surface area contributed by atoms with Crippen LogP contribution < -0.4 is 10.6 Å². The number of nitrogens with zero attached hydrogens (tertiary/aromatic N) is 1. The minimum Gasteiger partial charge on any atom is -0.333 e. The van der Waals surface area contributed by atoms with Crippen molar-refractivity contribution < 1.29 is 9.59 Å². The van der Waals surface area contributed by atoms with E-state index < -0.39 is 6.03 Å². The van der Waals surface area contributed by atoms with E-state index >= 15 is 0 Å². The summed E-state index contributed by atoms with van der Waals surface area (Å²) in [6.07, 6.45) is 0. The molecule has 5 nitrogen and oxygen atoms in total. The zero-order chi connectivity index (χ0) is 17.6. The van der Waals surface area contributed by atoms with Gasteiger partial charge in [-0.15, -0.1) is 0 Å². The van der Waals surface area contributed by atoms with Crippen molar-refractivity contribution in [2.45, 2.75) is 52.6 Å². The molecule has 0 radical (unpaired) electrons. The highest BCUT2D eigenvalue weighted by Crippen LogP contribution is 2.15. The van der Waals surface area contributed by atoms with Crippen LogP contribution >= 0.6 is 0 Å². The van der Waals surface area contributed by atoms with Gasteiger partial charge in [-0.05, 0) is 44.9 Å². The van der Waals surface area contributed by atoms with Crippen molar-refractivity contribution in [3.05, 3.63) is 35.4 Å². The summed E-state index contributed by atoms with van der Waals surface area (Å²) in [5.41, 5.74) is 2.07. The Morgan fingerprint density at radius 1 is 1.13 bits per heavy atom. The summed E-state index contributed by atoms with van der Waals surface area (Å²) in [6.45, 7) is 10.7. The van der Waals surface area contributed by atoms with Crippen LogP contribution in [0.15, 0.2) is 24.3 Å². The Balaban J connectivity index is 2.45. The zero-order valence-corrected chi connectivity index (χ0v) is 15.1. The highest BCUT2D eigenvalue weighted by Gasteiger charge is 2.16. The van der Waals surface area contributed by atoms with Gasteiger partial charge < -0.3 is 5.32 Å². The molecule has 0 atom stereocenters. The van der Waals surface area contributed by atoms with E-state index in [0.29, 0.717) is 12.5 Å². The van der Waals surface area contributed by atoms with Gasteiger partial charge in [-0.3, -0.25) is 15.0 Å². The van der Waals surface area contributed by atoms with Crippen molar-refractivity contribution in [2.75, 3.05) is 13.6 Å². The van der Waals surface area contributed by atoms with E-state index in [2.05, 4.69) is 48.7 Å². The van der Waals surface area contributed by atoms with Crippen LogP contribution in [0, 0.1) is 0 Å². The summed E-state index contributed by atoms with van der Waals surface area (Å²) >= 11 is 0. The van der Waals surface area contributed by atoms with Gasteiger partial charge in [-0.25, -0.2) is 4.79 Å². The lowest BCUT2D eigenvalue weighted by atomic mass is 10.0. The molecule has 0 aliphatic carbocycles. The third kappa shape index (κ3) is 7.79. The molecule has 0 heterocycles. The van der Waals surface area contributed by atoms with Crippen molar-refractivity contribution in [3.8, 4) is 0 Å². The molecule has 3 amide bonds. The van der Waals surface area contributed by atoms with Crippen LogP contribution in [-0.2, 0) is 11.3 Å². The van der Waals surface area contributed by atoms with E-state index in [4.69, 9.17) is 0 Å². The predicted octanol–water partition coefficient (Wildman–Crippen LogP) is 2.87. The Labute approximate surface area is 139 Å². The van der Waals surface area contributed by atoms with Crippen molar-refractivity contribution in [3.63, 3.8) is 0 Å². The maximum atomic E-state index is 11.9. The van der Waals surface area contributed by atoms with Crippen LogP contribution in [0.3, 0.4) is 0 Å². The second-order valence-electron chi connectivity index (χ2n) is 7.32. The van der Waals surface area contributed by atoms with Gasteiger partial charge in [0.15, 0.2) is 0 Å². The number of rotatable bonds is 5. The van der Waals surface area contributed by atoms with Crippen LogP contribution in [0.25, 0.3) is 0 Å². The van der Waals surface area contributed by atoms with E-state index in [9.17, 15) is 9.59 Å². The molecular formula is C18H29N3O2. The fourth-order valence-electron chi connectivity index (χ4n) is 2.16. The van der Waals surface area contributed by atoms with Crippen LogP contribution in [0.2, 0.25) is 0 Å². The van der Waals surface area contributed by atoms with Gasteiger partial charge in [-0.2, -0.15) is 0 Å². The first-order valence-electron chi connectivity index (χ1n) is 7.96. The van der Waals surface area contributed by atoms with Gasteiger partial charge in [0.25, 0.3) is 0 Å². The normalized spacial score (nSPS) is 11.7. The molecule has 2 N–H and O–H groups in total. The quantitative estimate of drug-likeness (QED) is 0.877. The molecule has 0 spiro atoms. The van der Waals surface area contributed by atoms with Crippen LogP contribution in [-0.4, -0.2) is 36.0 Å². The van der Waals surface area contributed by atoms with E-state index in [-0.39, 0.29) is 18.0 Å². The molecule has 1 aromatic carbocycles. The van der Waals surface area contributed by atoms with E-state index in [0.717, 1.165) is 5.56 Å². The molecule has 5 heteroatoms. The molecule has 0 aliphatic heterocycles. The number of likely N-dealkylation sites (N-methyl/N-ethyl adjacent to an activating group) is 1. The average molecular weight is 319 g/mol. The molecule has 0 unspecified atom stereocenters. The van der Waals surface area contributed by atoms with Gasteiger partial charge in [0, 0.05) is 12.1 Å². The predicted molar refractivity (Wildman–Crippen MR) is 93.3 cm³/mol. The van der Waals surface area contributed by atoms with Crippen molar-refractivity contribution in [1.82, 2.24) is 15.5 Å². The number of amides is 3. The third-order valence-corrected chi connectivity index (χ3v) is 3.25. The molecule has 23 heavy (non-hydrogen) atoms. The summed E-state index contributed by atoms with van der Waals surface area (Å²) < 4.78 is 0. The van der Waals surface area contributed by atoms with Crippen molar-refractivity contribution in [1.29, 1.82) is 0 Å². The lowest BCUT2D eigenvalue weighted by Crippen LogP contribution is -2.50. The van der Waals surface area contributed by atoms with Crippen LogP contribution in [0.4, 0.5) is 4.79 Å². The number of imide groups is 1. The Bertz CT molecular complexity index is 530. The van der Waals surface area contributed by atoms with Crippen LogP contribution in [0.1, 0.15) is 51.7 Å². The molecule has 0 fully saturated rings. The Morgan fingerprint density at radius 2 is 1.70 bits per heavy atom. The van der Waals surface area contributed by atoms with Gasteiger partial charge in [0.05, 0.1) is 6.54 Å². The first-order valence-corrected chi connectivity index (χ1v) is 7.96. The standard InChI is InChI=1S/C18H29N3O2/c1-13(2)15-9-7-14(8-10-15)11-21(6)12-16(22)19-17(23)20-18(3,4)5/h7-10,13H,11-12H2,1-6H3,(H2,19,20,22,23). The molecule has 0 saturated carbocycles. The maximum absolute atomic E-state index is 11.9. The lowest BCUT2D eigenvalue weighted by Gasteiger charge is -2.21. The molecule has 0 aromatic heterocycles. The first-order chi connectivity index (χ1) is 10.6. The molecule has 1 rings (SSSR count). The summed E-state index contributed by atoms with van der Waals surface area (Å²) in [4.78, 5) is 25.4. The summed E-state index contributed by atoms with van der Waals surface area (Å²) in [7, 11) is 1.86. The van der Waals surface area contributed by atoms with Gasteiger partial charge >= 0.3 is 6.03 Å². The molecule has 1 aromatic rings. The topological polar surface area (TPSA) is 61.4 Å². The van der Waals surface area contributed by atoms with Crippen molar-refractivity contribution >= 4 is 11.9 Å². The number of nitrogens with one attached hydrogen (secondary N) is 2. The average Bonchev–Trinajstić information content (AvgIpc) is 2.36. The van der Waals surface area contributed by atoms with E-state index in [1.165, 1.54) is 5.56 Å². The largest absolute Gasteiger partial charge is 0.333 e. The molecule has 0 bridgehead atoms. The Kier molecular flexibility index (Phi) is 6.76. The first kappa shape index (κ1) is 19.2. The lowest BCUT2D eigenvalue weighted by molar-refractivity contribution is -0.121. The number of carbonyl (C=O) groups is 2. The zero-order valence-electron chi connectivity index (χ0n) is 15.1. The highest BCUT2D eigenvalue weighted by molar-refractivity contribution is 5.95. The minimum absolute atomic E-state index is 0.170. The summed E-state index contributed by atoms with van der Waals surface area (Å²) in [5.74, 6) is 0.196. The monoisotopic (exact) mass is 319 g/mol. The fourth-order valence-corrected chi connectivity index (χ4v) is 2.16. The second-order valence-corrected chi connectivity index (χ2v) is 7.32. The Hall–Kier alpha value is -1.88. The van der Waals surface area contributed by atoms with Gasteiger partial charge in [0.1, 0.15) is 0 Å². The van der Waals surface area contributed by atoms with E-state index in [1.807, 2.05) is 32.7 Å². The maximum Gasteiger partial charge on any atom is 0.321 e. The number of hydrogen-bond donors (Lipinski definition) is 2. The SMILES string of the molecule is CC(C)c1ccc(CN(C)CC(=O)NC(=O)NC(C)(C)C)cc1. The number of carbonyl (C=O) groups excluding carboxylic acids is 2. The molecular weight excluding hydrogens is 290 g/mol.